The van der Waals surface area contributed by atoms with Gasteiger partial charge in [0.1, 0.15) is 0 Å². The van der Waals surface area contributed by atoms with Gasteiger partial charge in [-0.25, -0.2) is 0 Å². The lowest BCUT2D eigenvalue weighted by Gasteiger charge is -2.09. The standard InChI is InChI=1S/C12H19ClN2O/c1-2-7-16-8-3-6-15-12-5-4-10(14)9-11(12)13/h4-5,9,15H,2-3,6-8,14H2,1H3. The van der Waals surface area contributed by atoms with Gasteiger partial charge >= 0.3 is 0 Å². The van der Waals surface area contributed by atoms with Crippen molar-refractivity contribution < 1.29 is 4.74 Å². The second-order valence-corrected chi connectivity index (χ2v) is 4.04. The zero-order valence-corrected chi connectivity index (χ0v) is 10.4. The number of nitrogens with one attached hydrogen (secondary N) is 1. The third kappa shape index (κ3) is 4.73. The lowest BCUT2D eigenvalue weighted by atomic mass is 10.3. The van der Waals surface area contributed by atoms with E-state index < -0.39 is 0 Å². The van der Waals surface area contributed by atoms with Crippen LogP contribution in [0.2, 0.25) is 5.02 Å². The summed E-state index contributed by atoms with van der Waals surface area (Å²) in [6.45, 7) is 4.58. The Morgan fingerprint density at radius 2 is 2.19 bits per heavy atom. The van der Waals surface area contributed by atoms with Crippen LogP contribution in [0.4, 0.5) is 11.4 Å². The molecule has 3 nitrogen and oxygen atoms in total. The van der Waals surface area contributed by atoms with Gasteiger partial charge in [-0.1, -0.05) is 18.5 Å². The predicted octanol–water partition coefficient (Wildman–Crippen LogP) is 3.15. The molecule has 0 saturated heterocycles. The van der Waals surface area contributed by atoms with E-state index in [1.165, 1.54) is 0 Å². The van der Waals surface area contributed by atoms with Crippen LogP contribution in [-0.4, -0.2) is 19.8 Å². The van der Waals surface area contributed by atoms with Crippen LogP contribution in [-0.2, 0) is 4.74 Å². The van der Waals surface area contributed by atoms with Crippen molar-refractivity contribution in [1.82, 2.24) is 0 Å². The van der Waals surface area contributed by atoms with E-state index in [-0.39, 0.29) is 0 Å². The molecule has 0 saturated carbocycles. The molecule has 3 N–H and O–H groups in total. The molecule has 0 unspecified atom stereocenters. The summed E-state index contributed by atoms with van der Waals surface area (Å²) in [5, 5.41) is 3.91. The number of ether oxygens (including phenoxy) is 1. The SMILES string of the molecule is CCCOCCCNc1ccc(N)cc1Cl. The fraction of sp³-hybridized carbons (Fsp3) is 0.500. The highest BCUT2D eigenvalue weighted by atomic mass is 35.5. The van der Waals surface area contributed by atoms with Gasteiger partial charge in [-0.2, -0.15) is 0 Å². The van der Waals surface area contributed by atoms with Gasteiger partial charge < -0.3 is 15.8 Å². The molecule has 90 valence electrons. The molecule has 0 radical (unpaired) electrons. The number of hydrogen-bond acceptors (Lipinski definition) is 3. The Bertz CT molecular complexity index is 318. The minimum absolute atomic E-state index is 0.662. The van der Waals surface area contributed by atoms with Crippen LogP contribution in [0.25, 0.3) is 0 Å². The van der Waals surface area contributed by atoms with E-state index in [4.69, 9.17) is 22.1 Å². The molecule has 0 aliphatic carbocycles. The van der Waals surface area contributed by atoms with E-state index in [9.17, 15) is 0 Å². The van der Waals surface area contributed by atoms with Crippen LogP contribution in [0.15, 0.2) is 18.2 Å². The molecule has 4 heteroatoms. The van der Waals surface area contributed by atoms with Crippen LogP contribution in [0.1, 0.15) is 19.8 Å². The average Bonchev–Trinajstić information content (AvgIpc) is 2.26. The van der Waals surface area contributed by atoms with Gasteiger partial charge in [0.25, 0.3) is 0 Å². The van der Waals surface area contributed by atoms with Crippen molar-refractivity contribution >= 4 is 23.0 Å². The molecule has 16 heavy (non-hydrogen) atoms. The molecular formula is C12H19ClN2O. The third-order valence-electron chi connectivity index (χ3n) is 2.12. The molecule has 1 rings (SSSR count). The Balaban J connectivity index is 2.21. The summed E-state index contributed by atoms with van der Waals surface area (Å²) < 4.78 is 5.38. The van der Waals surface area contributed by atoms with E-state index in [2.05, 4.69) is 12.2 Å². The number of hydrogen-bond donors (Lipinski definition) is 2. The number of benzene rings is 1. The number of rotatable bonds is 7. The zero-order valence-electron chi connectivity index (χ0n) is 9.63. The maximum Gasteiger partial charge on any atom is 0.0657 e. The Morgan fingerprint density at radius 3 is 2.88 bits per heavy atom. The molecule has 0 spiro atoms. The molecule has 0 aliphatic rings. The molecule has 0 aliphatic heterocycles. The second-order valence-electron chi connectivity index (χ2n) is 3.63. The van der Waals surface area contributed by atoms with Gasteiger partial charge in [-0.15, -0.1) is 0 Å². The lowest BCUT2D eigenvalue weighted by molar-refractivity contribution is 0.134. The van der Waals surface area contributed by atoms with E-state index in [0.717, 1.165) is 38.3 Å². The van der Waals surface area contributed by atoms with E-state index in [1.54, 1.807) is 6.07 Å². The van der Waals surface area contributed by atoms with Gasteiger partial charge in [0.2, 0.25) is 0 Å². The summed E-state index contributed by atoms with van der Waals surface area (Å²) in [5.74, 6) is 0. The van der Waals surface area contributed by atoms with Crippen molar-refractivity contribution in [3.63, 3.8) is 0 Å². The summed E-state index contributed by atoms with van der Waals surface area (Å²) in [6, 6.07) is 5.48. The Kier molecular flexibility index (Phi) is 6.04. The van der Waals surface area contributed by atoms with Gasteiger partial charge in [0.05, 0.1) is 10.7 Å². The fourth-order valence-electron chi connectivity index (χ4n) is 1.32. The number of nitrogens with two attached hydrogens (primary N) is 1. The summed E-state index contributed by atoms with van der Waals surface area (Å²) >= 11 is 6.02. The van der Waals surface area contributed by atoms with Crippen molar-refractivity contribution in [3.8, 4) is 0 Å². The lowest BCUT2D eigenvalue weighted by Crippen LogP contribution is -2.06. The summed E-state index contributed by atoms with van der Waals surface area (Å²) in [6.07, 6.45) is 2.04. The van der Waals surface area contributed by atoms with Crippen LogP contribution in [0.3, 0.4) is 0 Å². The summed E-state index contributed by atoms with van der Waals surface area (Å²) in [7, 11) is 0. The molecule has 0 atom stereocenters. The zero-order chi connectivity index (χ0) is 11.8. The van der Waals surface area contributed by atoms with Gasteiger partial charge in [-0.05, 0) is 31.0 Å². The van der Waals surface area contributed by atoms with Crippen LogP contribution in [0.5, 0.6) is 0 Å². The predicted molar refractivity (Wildman–Crippen MR) is 70.1 cm³/mol. The first-order chi connectivity index (χ1) is 7.74. The molecule has 0 fully saturated rings. The van der Waals surface area contributed by atoms with E-state index in [0.29, 0.717) is 10.7 Å². The van der Waals surface area contributed by atoms with Crippen molar-refractivity contribution in [3.05, 3.63) is 23.2 Å². The van der Waals surface area contributed by atoms with Gasteiger partial charge in [-0.3, -0.25) is 0 Å². The monoisotopic (exact) mass is 242 g/mol. The average molecular weight is 243 g/mol. The molecular weight excluding hydrogens is 224 g/mol. The highest BCUT2D eigenvalue weighted by Crippen LogP contribution is 2.23. The molecule has 0 bridgehead atoms. The quantitative estimate of drug-likeness (QED) is 0.570. The molecule has 1 aromatic carbocycles. The van der Waals surface area contributed by atoms with E-state index >= 15 is 0 Å². The van der Waals surface area contributed by atoms with Gasteiger partial charge in [0, 0.05) is 25.4 Å². The maximum absolute atomic E-state index is 6.02. The fourth-order valence-corrected chi connectivity index (χ4v) is 1.57. The van der Waals surface area contributed by atoms with Crippen molar-refractivity contribution in [2.45, 2.75) is 19.8 Å². The number of halogens is 1. The maximum atomic E-state index is 6.02. The number of anilines is 2. The molecule has 0 amide bonds. The highest BCUT2D eigenvalue weighted by molar-refractivity contribution is 6.33. The summed E-state index contributed by atoms with van der Waals surface area (Å²) in [5.41, 5.74) is 7.21. The second kappa shape index (κ2) is 7.36. The topological polar surface area (TPSA) is 47.3 Å². The molecule has 1 aromatic rings. The molecule has 0 heterocycles. The van der Waals surface area contributed by atoms with Crippen LogP contribution in [0, 0.1) is 0 Å². The van der Waals surface area contributed by atoms with Crippen molar-refractivity contribution in [2.24, 2.45) is 0 Å². The van der Waals surface area contributed by atoms with E-state index in [1.807, 2.05) is 12.1 Å². The first-order valence-electron chi connectivity index (χ1n) is 5.60. The normalized spacial score (nSPS) is 10.4. The largest absolute Gasteiger partial charge is 0.399 e. The minimum atomic E-state index is 0.662. The smallest absolute Gasteiger partial charge is 0.0657 e. The third-order valence-corrected chi connectivity index (χ3v) is 2.44. The highest BCUT2D eigenvalue weighted by Gasteiger charge is 1.99. The Labute approximate surface area is 102 Å². The van der Waals surface area contributed by atoms with Crippen LogP contribution >= 0.6 is 11.6 Å². The first-order valence-corrected chi connectivity index (χ1v) is 5.98. The van der Waals surface area contributed by atoms with Crippen LogP contribution < -0.4 is 11.1 Å². The minimum Gasteiger partial charge on any atom is -0.399 e. The van der Waals surface area contributed by atoms with Crippen molar-refractivity contribution in [2.75, 3.05) is 30.8 Å². The van der Waals surface area contributed by atoms with Crippen molar-refractivity contribution in [1.29, 1.82) is 0 Å². The Morgan fingerprint density at radius 1 is 1.38 bits per heavy atom. The number of nitrogen functional groups attached to an aromatic ring is 1. The Hall–Kier alpha value is -0.930. The first kappa shape index (κ1) is 13.1. The van der Waals surface area contributed by atoms with Gasteiger partial charge in [0.15, 0.2) is 0 Å². The molecule has 0 aromatic heterocycles. The summed E-state index contributed by atoms with van der Waals surface area (Å²) in [4.78, 5) is 0.